The van der Waals surface area contributed by atoms with Gasteiger partial charge in [-0.3, -0.25) is 9.80 Å². The van der Waals surface area contributed by atoms with Crippen molar-refractivity contribution in [1.82, 2.24) is 9.80 Å². The standard InChI is InChI=1S/C24H30F2N2O3/c25-19-12-20(26)14-22(13-19)31-24-17-28(16-23(24)29)15-18-4-6-21(7-5-18)30-11-10-27-8-2-1-3-9-27/h4-7,12-14,23-24,29H,1-3,8-11,15-17H2/t23-,24-/m0/s1. The van der Waals surface area contributed by atoms with Crippen molar-refractivity contribution in [1.29, 1.82) is 0 Å². The summed E-state index contributed by atoms with van der Waals surface area (Å²) in [6.07, 6.45) is 2.65. The van der Waals surface area contributed by atoms with E-state index >= 15 is 0 Å². The van der Waals surface area contributed by atoms with Crippen molar-refractivity contribution >= 4 is 0 Å². The summed E-state index contributed by atoms with van der Waals surface area (Å²) < 4.78 is 38.2. The zero-order valence-electron chi connectivity index (χ0n) is 17.7. The summed E-state index contributed by atoms with van der Waals surface area (Å²) in [5, 5.41) is 10.3. The van der Waals surface area contributed by atoms with E-state index in [1.165, 1.54) is 32.4 Å². The van der Waals surface area contributed by atoms with Gasteiger partial charge in [-0.25, -0.2) is 8.78 Å². The molecule has 2 atom stereocenters. The summed E-state index contributed by atoms with van der Waals surface area (Å²) in [7, 11) is 0. The molecule has 0 saturated carbocycles. The highest BCUT2D eigenvalue weighted by molar-refractivity contribution is 5.27. The third-order valence-electron chi connectivity index (χ3n) is 5.89. The van der Waals surface area contributed by atoms with Gasteiger partial charge in [0.05, 0.1) is 0 Å². The van der Waals surface area contributed by atoms with E-state index in [0.29, 0.717) is 26.2 Å². The molecule has 2 aromatic rings. The smallest absolute Gasteiger partial charge is 0.138 e. The van der Waals surface area contributed by atoms with Crippen LogP contribution in [-0.2, 0) is 6.54 Å². The number of piperidine rings is 1. The third kappa shape index (κ3) is 6.38. The summed E-state index contributed by atoms with van der Waals surface area (Å²) in [5.41, 5.74) is 1.10. The van der Waals surface area contributed by atoms with Crippen molar-refractivity contribution in [3.63, 3.8) is 0 Å². The molecule has 31 heavy (non-hydrogen) atoms. The predicted octanol–water partition coefficient (Wildman–Crippen LogP) is 3.45. The highest BCUT2D eigenvalue weighted by Crippen LogP contribution is 2.23. The van der Waals surface area contributed by atoms with E-state index in [4.69, 9.17) is 9.47 Å². The van der Waals surface area contributed by atoms with Gasteiger partial charge in [0, 0.05) is 44.4 Å². The monoisotopic (exact) mass is 432 g/mol. The maximum absolute atomic E-state index is 13.4. The molecular weight excluding hydrogens is 402 g/mol. The molecule has 0 aromatic heterocycles. The van der Waals surface area contributed by atoms with Gasteiger partial charge in [0.2, 0.25) is 0 Å². The van der Waals surface area contributed by atoms with E-state index in [1.807, 2.05) is 24.3 Å². The second-order valence-electron chi connectivity index (χ2n) is 8.42. The van der Waals surface area contributed by atoms with Crippen molar-refractivity contribution in [2.45, 2.75) is 38.0 Å². The molecule has 0 unspecified atom stereocenters. The van der Waals surface area contributed by atoms with Crippen LogP contribution in [0.3, 0.4) is 0 Å². The summed E-state index contributed by atoms with van der Waals surface area (Å²) in [6, 6.07) is 11.1. The molecule has 7 heteroatoms. The van der Waals surface area contributed by atoms with Crippen LogP contribution >= 0.6 is 0 Å². The van der Waals surface area contributed by atoms with Crippen molar-refractivity contribution in [2.75, 3.05) is 39.3 Å². The molecule has 4 rings (SSSR count). The van der Waals surface area contributed by atoms with Crippen LogP contribution < -0.4 is 9.47 Å². The first kappa shape index (κ1) is 22.0. The lowest BCUT2D eigenvalue weighted by Gasteiger charge is -2.26. The first-order valence-corrected chi connectivity index (χ1v) is 11.0. The average molecular weight is 433 g/mol. The van der Waals surface area contributed by atoms with Gasteiger partial charge >= 0.3 is 0 Å². The Balaban J connectivity index is 1.23. The minimum atomic E-state index is -0.719. The fraction of sp³-hybridized carbons (Fsp3) is 0.500. The number of nitrogens with zero attached hydrogens (tertiary/aromatic N) is 2. The molecule has 168 valence electrons. The summed E-state index contributed by atoms with van der Waals surface area (Å²) >= 11 is 0. The Labute approximate surface area is 182 Å². The zero-order chi connectivity index (χ0) is 21.6. The fourth-order valence-electron chi connectivity index (χ4n) is 4.27. The van der Waals surface area contributed by atoms with Gasteiger partial charge in [-0.1, -0.05) is 18.6 Å². The summed E-state index contributed by atoms with van der Waals surface area (Å²) in [5.74, 6) is -0.443. The van der Waals surface area contributed by atoms with Gasteiger partial charge in [0.15, 0.2) is 0 Å². The first-order chi connectivity index (χ1) is 15.0. The number of aliphatic hydroxyl groups excluding tert-OH is 1. The Kier molecular flexibility index (Phi) is 7.37. The van der Waals surface area contributed by atoms with Crippen LogP contribution in [0.4, 0.5) is 8.78 Å². The molecule has 5 nitrogen and oxygen atoms in total. The van der Waals surface area contributed by atoms with Gasteiger partial charge in [-0.2, -0.15) is 0 Å². The second-order valence-corrected chi connectivity index (χ2v) is 8.42. The van der Waals surface area contributed by atoms with Crippen molar-refractivity contribution in [2.24, 2.45) is 0 Å². The number of β-amino-alcohol motifs (C(OH)–C–C–N with tert-alkyl or cyclic N) is 1. The molecule has 0 amide bonds. The number of hydrogen-bond acceptors (Lipinski definition) is 5. The lowest BCUT2D eigenvalue weighted by molar-refractivity contribution is 0.0732. The number of rotatable bonds is 8. The molecule has 2 saturated heterocycles. The normalized spacial score (nSPS) is 22.5. The predicted molar refractivity (Wildman–Crippen MR) is 114 cm³/mol. The molecule has 2 aliphatic rings. The minimum Gasteiger partial charge on any atom is -0.492 e. The Hall–Kier alpha value is -2.22. The van der Waals surface area contributed by atoms with E-state index in [2.05, 4.69) is 9.80 Å². The Morgan fingerprint density at radius 1 is 0.871 bits per heavy atom. The van der Waals surface area contributed by atoms with Crippen LogP contribution in [0, 0.1) is 11.6 Å². The number of halogens is 2. The van der Waals surface area contributed by atoms with E-state index in [1.54, 1.807) is 0 Å². The summed E-state index contributed by atoms with van der Waals surface area (Å²) in [4.78, 5) is 4.52. The van der Waals surface area contributed by atoms with E-state index in [0.717, 1.165) is 36.1 Å². The minimum absolute atomic E-state index is 0.0921. The third-order valence-corrected chi connectivity index (χ3v) is 5.89. The maximum atomic E-state index is 13.4. The number of ether oxygens (including phenoxy) is 2. The number of hydrogen-bond donors (Lipinski definition) is 1. The first-order valence-electron chi connectivity index (χ1n) is 11.0. The fourth-order valence-corrected chi connectivity index (χ4v) is 4.27. The van der Waals surface area contributed by atoms with Crippen LogP contribution in [0.2, 0.25) is 0 Å². The van der Waals surface area contributed by atoms with Crippen LogP contribution in [-0.4, -0.2) is 66.4 Å². The van der Waals surface area contributed by atoms with Crippen LogP contribution in [0.5, 0.6) is 11.5 Å². The maximum Gasteiger partial charge on any atom is 0.138 e. The Morgan fingerprint density at radius 3 is 2.29 bits per heavy atom. The molecule has 0 radical (unpaired) electrons. The quantitative estimate of drug-likeness (QED) is 0.692. The average Bonchev–Trinajstić information content (AvgIpc) is 3.08. The van der Waals surface area contributed by atoms with Gasteiger partial charge in [-0.15, -0.1) is 0 Å². The topological polar surface area (TPSA) is 45.2 Å². The largest absolute Gasteiger partial charge is 0.492 e. The van der Waals surface area contributed by atoms with Crippen LogP contribution in [0.25, 0.3) is 0 Å². The van der Waals surface area contributed by atoms with Crippen molar-refractivity contribution in [3.8, 4) is 11.5 Å². The van der Waals surface area contributed by atoms with E-state index in [-0.39, 0.29) is 5.75 Å². The molecule has 1 N–H and O–H groups in total. The molecule has 0 spiro atoms. The summed E-state index contributed by atoms with van der Waals surface area (Å²) in [6.45, 7) is 5.57. The highest BCUT2D eigenvalue weighted by Gasteiger charge is 2.33. The van der Waals surface area contributed by atoms with Crippen molar-refractivity contribution < 1.29 is 23.4 Å². The highest BCUT2D eigenvalue weighted by atomic mass is 19.1. The Bertz CT molecular complexity index is 823. The Morgan fingerprint density at radius 2 is 1.58 bits per heavy atom. The lowest BCUT2D eigenvalue weighted by atomic mass is 10.1. The molecular formula is C24H30F2N2O3. The molecule has 2 heterocycles. The lowest BCUT2D eigenvalue weighted by Crippen LogP contribution is -2.33. The number of likely N-dealkylation sites (tertiary alicyclic amines) is 2. The number of benzene rings is 2. The van der Waals surface area contributed by atoms with Gasteiger partial charge in [0.1, 0.15) is 41.9 Å². The van der Waals surface area contributed by atoms with E-state index < -0.39 is 23.8 Å². The van der Waals surface area contributed by atoms with Crippen LogP contribution in [0.1, 0.15) is 24.8 Å². The number of aliphatic hydroxyl groups is 1. The molecule has 2 fully saturated rings. The molecule has 2 aromatic carbocycles. The van der Waals surface area contributed by atoms with Gasteiger partial charge in [0.25, 0.3) is 0 Å². The second kappa shape index (κ2) is 10.4. The van der Waals surface area contributed by atoms with Crippen molar-refractivity contribution in [3.05, 3.63) is 59.7 Å². The zero-order valence-corrected chi connectivity index (χ0v) is 17.7. The van der Waals surface area contributed by atoms with Crippen LogP contribution in [0.15, 0.2) is 42.5 Å². The van der Waals surface area contributed by atoms with Gasteiger partial charge < -0.3 is 14.6 Å². The van der Waals surface area contributed by atoms with E-state index in [9.17, 15) is 13.9 Å². The molecule has 0 aliphatic carbocycles. The SMILES string of the molecule is O[C@H]1CN(Cc2ccc(OCCN3CCCCC3)cc2)C[C@@H]1Oc1cc(F)cc(F)c1. The molecule has 0 bridgehead atoms. The van der Waals surface area contributed by atoms with Gasteiger partial charge in [-0.05, 0) is 43.6 Å². The molecule has 2 aliphatic heterocycles.